The van der Waals surface area contributed by atoms with Gasteiger partial charge >= 0.3 is 5.91 Å². The fourth-order valence-electron chi connectivity index (χ4n) is 6.03. The first-order chi connectivity index (χ1) is 22.8. The van der Waals surface area contributed by atoms with Gasteiger partial charge in [0.05, 0.1) is 35.5 Å². The largest absolute Gasteiger partial charge is 0.507 e. The number of ether oxygens (including phenoxy) is 4. The van der Waals surface area contributed by atoms with Gasteiger partial charge in [0.25, 0.3) is 5.78 Å². The van der Waals surface area contributed by atoms with Crippen molar-refractivity contribution in [3.05, 3.63) is 113 Å². The molecule has 0 unspecified atom stereocenters. The number of nitrogens with zero attached hydrogens (tertiary/aromatic N) is 2. The molecule has 1 fully saturated rings. The Labute approximate surface area is 275 Å². The number of hydrogen-bond donors (Lipinski definition) is 1. The number of methoxy groups -OCH3 is 1. The number of fused-ring (bicyclic) bond motifs is 2. The molecule has 2 atom stereocenters. The summed E-state index contributed by atoms with van der Waals surface area (Å²) >= 11 is 1.27. The number of thiazole rings is 1. The molecule has 2 aliphatic heterocycles. The number of aromatic nitrogens is 1. The number of Topliss-reactive ketones (excluding diaryl/α,β-unsaturated/α-hetero) is 1. The molecule has 1 saturated heterocycles. The second-order valence-corrected chi connectivity index (χ2v) is 12.4. The van der Waals surface area contributed by atoms with Gasteiger partial charge in [0, 0.05) is 12.0 Å². The smallest absolute Gasteiger partial charge is 0.301 e. The van der Waals surface area contributed by atoms with Crippen LogP contribution in [0.1, 0.15) is 42.1 Å². The first kappa shape index (κ1) is 30.3. The van der Waals surface area contributed by atoms with Crippen LogP contribution in [0.4, 0.5) is 5.13 Å². The minimum Gasteiger partial charge on any atom is -0.507 e. The number of hydrogen-bond acceptors (Lipinski definition) is 9. The maximum atomic E-state index is 13.9. The van der Waals surface area contributed by atoms with Crippen LogP contribution in [0.15, 0.2) is 90.5 Å². The van der Waals surface area contributed by atoms with E-state index in [1.165, 1.54) is 23.3 Å². The van der Waals surface area contributed by atoms with Gasteiger partial charge in [-0.05, 0) is 79.1 Å². The molecule has 47 heavy (non-hydrogen) atoms. The fraction of sp³-hybridized carbons (Fsp3) is 0.216. The van der Waals surface area contributed by atoms with E-state index in [2.05, 4.69) is 0 Å². The van der Waals surface area contributed by atoms with Crippen molar-refractivity contribution in [2.75, 3.05) is 18.6 Å². The zero-order valence-electron chi connectivity index (χ0n) is 26.1. The Bertz CT molecular complexity index is 2040. The zero-order chi connectivity index (χ0) is 32.7. The summed E-state index contributed by atoms with van der Waals surface area (Å²) in [6, 6.07) is 24.8. The molecular formula is C37H32N2O7S. The van der Waals surface area contributed by atoms with Crippen molar-refractivity contribution in [2.45, 2.75) is 39.0 Å². The van der Waals surface area contributed by atoms with Crippen molar-refractivity contribution in [3.63, 3.8) is 0 Å². The third-order valence-electron chi connectivity index (χ3n) is 8.22. The highest BCUT2D eigenvalue weighted by atomic mass is 32.1. The van der Waals surface area contributed by atoms with Crippen LogP contribution in [-0.2, 0) is 22.6 Å². The molecule has 3 heterocycles. The molecule has 10 heteroatoms. The van der Waals surface area contributed by atoms with Crippen LogP contribution in [0.25, 0.3) is 16.0 Å². The van der Waals surface area contributed by atoms with E-state index in [0.717, 1.165) is 21.6 Å². The molecule has 1 N–H and O–H groups in total. The van der Waals surface area contributed by atoms with Gasteiger partial charge in [0.1, 0.15) is 30.0 Å². The van der Waals surface area contributed by atoms with E-state index in [1.807, 2.05) is 68.4 Å². The maximum absolute atomic E-state index is 13.9. The molecule has 2 aliphatic rings. The Morgan fingerprint density at radius 3 is 2.62 bits per heavy atom. The Hall–Kier alpha value is -5.35. The number of aliphatic hydroxyl groups excluding tert-OH is 1. The van der Waals surface area contributed by atoms with Crippen LogP contribution in [0.3, 0.4) is 0 Å². The lowest BCUT2D eigenvalue weighted by molar-refractivity contribution is -0.132. The van der Waals surface area contributed by atoms with Crippen LogP contribution >= 0.6 is 11.3 Å². The Morgan fingerprint density at radius 1 is 1.00 bits per heavy atom. The van der Waals surface area contributed by atoms with E-state index < -0.39 is 17.7 Å². The minimum atomic E-state index is -0.998. The number of rotatable bonds is 9. The van der Waals surface area contributed by atoms with Crippen molar-refractivity contribution in [2.24, 2.45) is 0 Å². The summed E-state index contributed by atoms with van der Waals surface area (Å²) in [7, 11) is 1.53. The average molecular weight is 649 g/mol. The monoisotopic (exact) mass is 648 g/mol. The maximum Gasteiger partial charge on any atom is 0.301 e. The standard InChI is InChI=1S/C37H32N2O7S/c1-4-44-26-12-13-27-31(19-26)47-37(38-27)39-33(23-10-15-29(30(18-23)43-3)45-20-22-8-6-5-7-9-22)32(35(41)36(39)42)34(40)24-11-14-28-25(17-24)16-21(2)46-28/h5-15,17-19,21,33,40H,4,16,20H2,1-3H3/t21-,33-/m1/s1. The van der Waals surface area contributed by atoms with Crippen LogP contribution in [0, 0.1) is 0 Å². The lowest BCUT2D eigenvalue weighted by Gasteiger charge is -2.24. The summed E-state index contributed by atoms with van der Waals surface area (Å²) in [5.41, 5.74) is 3.49. The van der Waals surface area contributed by atoms with E-state index in [9.17, 15) is 14.7 Å². The molecule has 1 aromatic heterocycles. The molecule has 238 valence electrons. The molecule has 5 aromatic rings. The molecular weight excluding hydrogens is 616 g/mol. The molecule has 0 radical (unpaired) electrons. The van der Waals surface area contributed by atoms with Crippen molar-refractivity contribution in [1.29, 1.82) is 0 Å². The third-order valence-corrected chi connectivity index (χ3v) is 9.24. The van der Waals surface area contributed by atoms with E-state index >= 15 is 0 Å². The van der Waals surface area contributed by atoms with Gasteiger partial charge in [-0.25, -0.2) is 4.98 Å². The van der Waals surface area contributed by atoms with Gasteiger partial charge in [-0.2, -0.15) is 0 Å². The molecule has 4 aromatic carbocycles. The molecule has 0 aliphatic carbocycles. The second-order valence-electron chi connectivity index (χ2n) is 11.4. The van der Waals surface area contributed by atoms with Gasteiger partial charge in [-0.1, -0.05) is 47.7 Å². The summed E-state index contributed by atoms with van der Waals surface area (Å²) < 4.78 is 24.1. The number of carbonyl (C=O) groups is 2. The molecule has 9 nitrogen and oxygen atoms in total. The fourth-order valence-corrected chi connectivity index (χ4v) is 7.05. The number of ketones is 1. The molecule has 7 rings (SSSR count). The third kappa shape index (κ3) is 5.65. The van der Waals surface area contributed by atoms with E-state index in [-0.39, 0.29) is 17.4 Å². The van der Waals surface area contributed by atoms with Gasteiger partial charge < -0.3 is 24.1 Å². The Morgan fingerprint density at radius 2 is 1.83 bits per heavy atom. The number of aliphatic hydroxyl groups is 1. The topological polar surface area (TPSA) is 107 Å². The molecule has 0 spiro atoms. The van der Waals surface area contributed by atoms with Crippen LogP contribution in [-0.4, -0.2) is 41.6 Å². The number of amides is 1. The summed E-state index contributed by atoms with van der Waals surface area (Å²) in [4.78, 5) is 33.9. The van der Waals surface area contributed by atoms with Gasteiger partial charge in [-0.3, -0.25) is 14.5 Å². The van der Waals surface area contributed by atoms with E-state index in [1.54, 1.807) is 30.3 Å². The molecule has 0 saturated carbocycles. The SMILES string of the molecule is CCOc1ccc2nc(N3C(=O)C(=O)C(=C(O)c4ccc5c(c4)C[C@@H](C)O5)[C@H]3c3ccc(OCc4ccccc4)c(OC)c3)sc2c1. The first-order valence-corrected chi connectivity index (χ1v) is 16.1. The van der Waals surface area contributed by atoms with Crippen LogP contribution < -0.4 is 23.8 Å². The van der Waals surface area contributed by atoms with E-state index in [0.29, 0.717) is 58.7 Å². The summed E-state index contributed by atoms with van der Waals surface area (Å²) in [6.07, 6.45) is 0.677. The van der Waals surface area contributed by atoms with Crippen molar-refractivity contribution in [3.8, 4) is 23.0 Å². The highest BCUT2D eigenvalue weighted by Gasteiger charge is 2.48. The minimum absolute atomic E-state index is 0.00495. The lowest BCUT2D eigenvalue weighted by atomic mass is 9.94. The molecule has 1 amide bonds. The number of carbonyl (C=O) groups excluding carboxylic acids is 2. The van der Waals surface area contributed by atoms with Gasteiger partial charge in [0.2, 0.25) is 0 Å². The highest BCUT2D eigenvalue weighted by molar-refractivity contribution is 7.22. The summed E-state index contributed by atoms with van der Waals surface area (Å²) in [5.74, 6) is 0.451. The second kappa shape index (κ2) is 12.4. The van der Waals surface area contributed by atoms with Gasteiger partial charge in [-0.15, -0.1) is 0 Å². The van der Waals surface area contributed by atoms with Crippen molar-refractivity contribution in [1.82, 2.24) is 4.98 Å². The Balaban J connectivity index is 1.34. The zero-order valence-corrected chi connectivity index (χ0v) is 26.9. The highest BCUT2D eigenvalue weighted by Crippen LogP contribution is 2.46. The first-order valence-electron chi connectivity index (χ1n) is 15.3. The predicted octanol–water partition coefficient (Wildman–Crippen LogP) is 7.23. The van der Waals surface area contributed by atoms with Gasteiger partial charge in [0.15, 0.2) is 16.6 Å². The van der Waals surface area contributed by atoms with Crippen molar-refractivity contribution < 1.29 is 33.6 Å². The summed E-state index contributed by atoms with van der Waals surface area (Å²) in [6.45, 7) is 4.71. The van der Waals surface area contributed by atoms with Crippen LogP contribution in [0.5, 0.6) is 23.0 Å². The van der Waals surface area contributed by atoms with Crippen molar-refractivity contribution >= 4 is 44.1 Å². The average Bonchev–Trinajstić information content (AvgIpc) is 3.75. The summed E-state index contributed by atoms with van der Waals surface area (Å²) in [5, 5.41) is 12.1. The number of benzene rings is 4. The van der Waals surface area contributed by atoms with Crippen LogP contribution in [0.2, 0.25) is 0 Å². The predicted molar refractivity (Wildman–Crippen MR) is 180 cm³/mol. The normalized spacial score (nSPS) is 18.3. The number of anilines is 1. The quantitative estimate of drug-likeness (QED) is 0.101. The Kier molecular flexibility index (Phi) is 8.03. The molecule has 0 bridgehead atoms. The van der Waals surface area contributed by atoms with E-state index in [4.69, 9.17) is 23.9 Å². The lowest BCUT2D eigenvalue weighted by Crippen LogP contribution is -2.29.